The van der Waals surface area contributed by atoms with Crippen molar-refractivity contribution in [2.24, 2.45) is 5.41 Å². The first-order chi connectivity index (χ1) is 10.0. The number of carboxylic acids is 1. The number of fused-ring (bicyclic) bond motifs is 1. The van der Waals surface area contributed by atoms with Crippen LogP contribution in [0.1, 0.15) is 24.6 Å². The minimum atomic E-state index is -0.837. The first-order valence-electron chi connectivity index (χ1n) is 7.23. The highest BCUT2D eigenvalue weighted by Gasteiger charge is 2.48. The van der Waals surface area contributed by atoms with Gasteiger partial charge in [-0.15, -0.1) is 0 Å². The van der Waals surface area contributed by atoms with Crippen molar-refractivity contribution >= 4 is 16.9 Å². The Morgan fingerprint density at radius 3 is 2.90 bits per heavy atom. The monoisotopic (exact) mass is 285 g/mol. The van der Waals surface area contributed by atoms with E-state index >= 15 is 0 Å². The molecule has 4 heteroatoms. The molecule has 0 bridgehead atoms. The zero-order valence-electron chi connectivity index (χ0n) is 12.3. The quantitative estimate of drug-likeness (QED) is 0.942. The molecule has 1 aromatic carbocycles. The lowest BCUT2D eigenvalue weighted by Gasteiger charge is -2.28. The van der Waals surface area contributed by atoms with Crippen molar-refractivity contribution in [3.63, 3.8) is 0 Å². The van der Waals surface area contributed by atoms with E-state index in [0.29, 0.717) is 19.4 Å². The molecule has 110 valence electrons. The summed E-state index contributed by atoms with van der Waals surface area (Å²) in [4.78, 5) is 16.4. The summed E-state index contributed by atoms with van der Waals surface area (Å²) in [6.07, 6.45) is 0.759. The fraction of sp³-hybridized carbons (Fsp3) is 0.412. The van der Waals surface area contributed by atoms with Crippen LogP contribution in [0.2, 0.25) is 0 Å². The van der Waals surface area contributed by atoms with E-state index in [4.69, 9.17) is 4.74 Å². The zero-order valence-corrected chi connectivity index (χ0v) is 12.3. The molecule has 2 unspecified atom stereocenters. The number of benzene rings is 1. The molecule has 3 rings (SSSR count). The lowest BCUT2D eigenvalue weighted by atomic mass is 9.76. The van der Waals surface area contributed by atoms with Gasteiger partial charge in [0.2, 0.25) is 0 Å². The number of para-hydroxylation sites is 1. The second-order valence-corrected chi connectivity index (χ2v) is 5.84. The summed E-state index contributed by atoms with van der Waals surface area (Å²) < 4.78 is 5.55. The predicted molar refractivity (Wildman–Crippen MR) is 80.3 cm³/mol. The maximum Gasteiger partial charge on any atom is 0.312 e. The van der Waals surface area contributed by atoms with Gasteiger partial charge in [-0.1, -0.05) is 18.2 Å². The number of aliphatic carboxylic acids is 1. The molecule has 4 nitrogen and oxygen atoms in total. The maximum absolute atomic E-state index is 11.9. The molecule has 0 amide bonds. The summed E-state index contributed by atoms with van der Waals surface area (Å²) in [5.74, 6) is -0.772. The highest BCUT2D eigenvalue weighted by molar-refractivity contribution is 5.84. The first kappa shape index (κ1) is 14.0. The normalized spacial score (nSPS) is 25.3. The molecule has 0 aliphatic carbocycles. The van der Waals surface area contributed by atoms with Crippen LogP contribution in [0.3, 0.4) is 0 Å². The smallest absolute Gasteiger partial charge is 0.312 e. The molecular formula is C17H19NO3. The molecule has 0 saturated carbocycles. The third-order valence-electron chi connectivity index (χ3n) is 4.56. The van der Waals surface area contributed by atoms with Crippen LogP contribution in [0.5, 0.6) is 0 Å². The molecule has 1 saturated heterocycles. The number of rotatable bonds is 3. The molecule has 1 N–H and O–H groups in total. The van der Waals surface area contributed by atoms with Crippen LogP contribution in [0.15, 0.2) is 30.3 Å². The Bertz CT molecular complexity index is 697. The van der Waals surface area contributed by atoms with Gasteiger partial charge >= 0.3 is 5.97 Å². The summed E-state index contributed by atoms with van der Waals surface area (Å²) in [7, 11) is 0. The number of pyridine rings is 1. The van der Waals surface area contributed by atoms with Gasteiger partial charge in [-0.05, 0) is 44.4 Å². The number of aromatic nitrogens is 1. The van der Waals surface area contributed by atoms with Gasteiger partial charge in [0.05, 0.1) is 17.0 Å². The van der Waals surface area contributed by atoms with Crippen LogP contribution in [0.4, 0.5) is 0 Å². The van der Waals surface area contributed by atoms with E-state index in [2.05, 4.69) is 4.98 Å². The van der Waals surface area contributed by atoms with Gasteiger partial charge in [0.1, 0.15) is 0 Å². The molecule has 1 fully saturated rings. The molecular weight excluding hydrogens is 266 g/mol. The van der Waals surface area contributed by atoms with Gasteiger partial charge in [0.15, 0.2) is 0 Å². The highest BCUT2D eigenvalue weighted by atomic mass is 16.5. The number of ether oxygens (including phenoxy) is 1. The standard InChI is InChI=1S/C17H19NO3/c1-11-9-13(14-5-3-4-6-15(14)18-11)10-17(16(19)20)7-8-21-12(17)2/h3-6,9,12H,7-8,10H2,1-2H3,(H,19,20). The van der Waals surface area contributed by atoms with Crippen molar-refractivity contribution < 1.29 is 14.6 Å². The Labute approximate surface area is 123 Å². The Morgan fingerprint density at radius 1 is 1.48 bits per heavy atom. The van der Waals surface area contributed by atoms with Gasteiger partial charge < -0.3 is 9.84 Å². The molecule has 1 aliphatic rings. The van der Waals surface area contributed by atoms with Crippen molar-refractivity contribution in [3.8, 4) is 0 Å². The fourth-order valence-corrected chi connectivity index (χ4v) is 3.25. The third-order valence-corrected chi connectivity index (χ3v) is 4.56. The summed E-state index contributed by atoms with van der Waals surface area (Å²) in [5, 5.41) is 10.8. The zero-order chi connectivity index (χ0) is 15.0. The van der Waals surface area contributed by atoms with Gasteiger partial charge in [-0.2, -0.15) is 0 Å². The van der Waals surface area contributed by atoms with Crippen molar-refractivity contribution in [2.45, 2.75) is 32.8 Å². The summed E-state index contributed by atoms with van der Waals surface area (Å²) in [6.45, 7) is 4.31. The van der Waals surface area contributed by atoms with E-state index in [1.54, 1.807) is 0 Å². The SMILES string of the molecule is Cc1cc(CC2(C(=O)O)CCOC2C)c2ccccc2n1. The largest absolute Gasteiger partial charge is 0.481 e. The second-order valence-electron chi connectivity index (χ2n) is 5.84. The van der Waals surface area contributed by atoms with Crippen LogP contribution in [-0.2, 0) is 16.0 Å². The number of nitrogens with zero attached hydrogens (tertiary/aromatic N) is 1. The number of hydrogen-bond acceptors (Lipinski definition) is 3. The van der Waals surface area contributed by atoms with E-state index in [1.165, 1.54) is 0 Å². The van der Waals surface area contributed by atoms with E-state index in [1.807, 2.05) is 44.2 Å². The third kappa shape index (κ3) is 2.29. The summed E-state index contributed by atoms with van der Waals surface area (Å²) in [5.41, 5.74) is 2.03. The molecule has 21 heavy (non-hydrogen) atoms. The Kier molecular flexibility index (Phi) is 3.41. The number of aryl methyl sites for hydroxylation is 1. The maximum atomic E-state index is 11.9. The number of carboxylic acid groups (broad SMARTS) is 1. The van der Waals surface area contributed by atoms with E-state index in [0.717, 1.165) is 22.2 Å². The average Bonchev–Trinajstić information content (AvgIpc) is 2.81. The van der Waals surface area contributed by atoms with Crippen LogP contribution in [0, 0.1) is 12.3 Å². The Balaban J connectivity index is 2.10. The molecule has 2 heterocycles. The van der Waals surface area contributed by atoms with Gasteiger partial charge in [-0.25, -0.2) is 0 Å². The van der Waals surface area contributed by atoms with Gasteiger partial charge in [-0.3, -0.25) is 9.78 Å². The lowest BCUT2D eigenvalue weighted by Crippen LogP contribution is -2.39. The lowest BCUT2D eigenvalue weighted by molar-refractivity contribution is -0.151. The van der Waals surface area contributed by atoms with Crippen molar-refractivity contribution in [1.29, 1.82) is 0 Å². The number of carbonyl (C=O) groups is 1. The average molecular weight is 285 g/mol. The molecule has 0 spiro atoms. The second kappa shape index (κ2) is 5.11. The molecule has 1 aromatic heterocycles. The van der Waals surface area contributed by atoms with Crippen LogP contribution < -0.4 is 0 Å². The minimum Gasteiger partial charge on any atom is -0.481 e. The molecule has 1 aliphatic heterocycles. The van der Waals surface area contributed by atoms with Crippen molar-refractivity contribution in [1.82, 2.24) is 4.98 Å². The summed E-state index contributed by atoms with van der Waals surface area (Å²) >= 11 is 0. The van der Waals surface area contributed by atoms with Gasteiger partial charge in [0.25, 0.3) is 0 Å². The van der Waals surface area contributed by atoms with E-state index in [-0.39, 0.29) is 6.10 Å². The Morgan fingerprint density at radius 2 is 2.24 bits per heavy atom. The van der Waals surface area contributed by atoms with E-state index in [9.17, 15) is 9.90 Å². The first-order valence-corrected chi connectivity index (χ1v) is 7.23. The topological polar surface area (TPSA) is 59.4 Å². The molecule has 2 aromatic rings. The minimum absolute atomic E-state index is 0.276. The van der Waals surface area contributed by atoms with Crippen LogP contribution in [0.25, 0.3) is 10.9 Å². The van der Waals surface area contributed by atoms with Crippen LogP contribution >= 0.6 is 0 Å². The fourth-order valence-electron chi connectivity index (χ4n) is 3.25. The van der Waals surface area contributed by atoms with Crippen molar-refractivity contribution in [3.05, 3.63) is 41.6 Å². The number of hydrogen-bond donors (Lipinski definition) is 1. The van der Waals surface area contributed by atoms with Crippen LogP contribution in [-0.4, -0.2) is 28.8 Å². The molecule has 0 radical (unpaired) electrons. The predicted octanol–water partition coefficient (Wildman–Crippen LogP) is 2.97. The Hall–Kier alpha value is -1.94. The van der Waals surface area contributed by atoms with E-state index < -0.39 is 11.4 Å². The molecule has 2 atom stereocenters. The highest BCUT2D eigenvalue weighted by Crippen LogP contribution is 2.39. The van der Waals surface area contributed by atoms with Crippen molar-refractivity contribution in [2.75, 3.05) is 6.61 Å². The van der Waals surface area contributed by atoms with Gasteiger partial charge in [0, 0.05) is 17.7 Å². The summed E-state index contributed by atoms with van der Waals surface area (Å²) in [6, 6.07) is 9.89.